The summed E-state index contributed by atoms with van der Waals surface area (Å²) in [4.78, 5) is 11.8. The molecule has 1 aromatic carbocycles. The second kappa shape index (κ2) is 6.57. The van der Waals surface area contributed by atoms with Gasteiger partial charge in [0, 0.05) is 12.1 Å². The molecule has 2 aromatic rings. The first-order chi connectivity index (χ1) is 10.6. The van der Waals surface area contributed by atoms with Crippen LogP contribution in [0.1, 0.15) is 12.8 Å². The Morgan fingerprint density at radius 2 is 2.18 bits per heavy atom. The predicted octanol–water partition coefficient (Wildman–Crippen LogP) is 3.12. The second-order valence-electron chi connectivity index (χ2n) is 4.75. The highest BCUT2D eigenvalue weighted by molar-refractivity contribution is 8.01. The Morgan fingerprint density at radius 3 is 2.91 bits per heavy atom. The average Bonchev–Trinajstić information content (AvgIpc) is 3.17. The van der Waals surface area contributed by atoms with Crippen molar-refractivity contribution >= 4 is 39.8 Å². The Hall–Kier alpha value is -1.74. The third-order valence-electron chi connectivity index (χ3n) is 2.84. The fraction of sp³-hybridized carbons (Fsp3) is 0.308. The van der Waals surface area contributed by atoms with Crippen LogP contribution in [0, 0.1) is 11.6 Å². The van der Waals surface area contributed by atoms with Crippen molar-refractivity contribution in [2.75, 3.05) is 16.4 Å². The Labute approximate surface area is 133 Å². The summed E-state index contributed by atoms with van der Waals surface area (Å²) in [7, 11) is 0. The van der Waals surface area contributed by atoms with Crippen LogP contribution < -0.4 is 10.6 Å². The van der Waals surface area contributed by atoms with Gasteiger partial charge in [0.15, 0.2) is 4.34 Å². The lowest BCUT2D eigenvalue weighted by molar-refractivity contribution is -0.113. The van der Waals surface area contributed by atoms with E-state index in [-0.39, 0.29) is 17.3 Å². The van der Waals surface area contributed by atoms with Crippen LogP contribution in [-0.4, -0.2) is 27.9 Å². The molecule has 9 heteroatoms. The molecule has 0 aliphatic heterocycles. The minimum atomic E-state index is -0.801. The number of halogens is 2. The van der Waals surface area contributed by atoms with Gasteiger partial charge in [-0.1, -0.05) is 23.1 Å². The van der Waals surface area contributed by atoms with E-state index < -0.39 is 11.6 Å². The number of amides is 1. The van der Waals surface area contributed by atoms with Crippen LogP contribution in [0.4, 0.5) is 19.6 Å². The van der Waals surface area contributed by atoms with E-state index in [0.717, 1.165) is 30.1 Å². The number of carbonyl (C=O) groups is 1. The molecular weight excluding hydrogens is 330 g/mol. The quantitative estimate of drug-likeness (QED) is 0.790. The molecule has 0 radical (unpaired) electrons. The molecule has 1 aliphatic carbocycles. The molecule has 0 bridgehead atoms. The van der Waals surface area contributed by atoms with Crippen LogP contribution in [0.25, 0.3) is 0 Å². The zero-order chi connectivity index (χ0) is 15.5. The first-order valence-electron chi connectivity index (χ1n) is 6.58. The molecule has 1 aromatic heterocycles. The first-order valence-corrected chi connectivity index (χ1v) is 8.38. The fourth-order valence-corrected chi connectivity index (χ4v) is 3.26. The molecule has 1 amide bonds. The van der Waals surface area contributed by atoms with E-state index in [9.17, 15) is 13.6 Å². The predicted molar refractivity (Wildman–Crippen MR) is 82.3 cm³/mol. The number of anilines is 2. The summed E-state index contributed by atoms with van der Waals surface area (Å²) in [6, 6.07) is 3.50. The molecule has 0 unspecified atom stereocenters. The summed E-state index contributed by atoms with van der Waals surface area (Å²) >= 11 is 2.60. The molecule has 1 heterocycles. The number of nitrogens with one attached hydrogen (secondary N) is 2. The van der Waals surface area contributed by atoms with E-state index in [2.05, 4.69) is 20.8 Å². The fourth-order valence-electron chi connectivity index (χ4n) is 1.63. The summed E-state index contributed by atoms with van der Waals surface area (Å²) in [5.74, 6) is -1.79. The lowest BCUT2D eigenvalue weighted by atomic mass is 10.3. The molecule has 2 N–H and O–H groups in total. The van der Waals surface area contributed by atoms with Crippen molar-refractivity contribution < 1.29 is 13.6 Å². The number of thioether (sulfide) groups is 1. The number of nitrogens with zero attached hydrogens (tertiary/aromatic N) is 2. The largest absolute Gasteiger partial charge is 0.357 e. The zero-order valence-corrected chi connectivity index (χ0v) is 12.9. The summed E-state index contributed by atoms with van der Waals surface area (Å²) in [6.07, 6.45) is 2.29. The number of aromatic nitrogens is 2. The zero-order valence-electron chi connectivity index (χ0n) is 11.3. The van der Waals surface area contributed by atoms with E-state index >= 15 is 0 Å². The molecule has 0 atom stereocenters. The smallest absolute Gasteiger partial charge is 0.234 e. The van der Waals surface area contributed by atoms with Crippen LogP contribution in [0.3, 0.4) is 0 Å². The Balaban J connectivity index is 1.50. The molecule has 0 spiro atoms. The topological polar surface area (TPSA) is 66.9 Å². The molecule has 1 aliphatic rings. The molecule has 22 heavy (non-hydrogen) atoms. The van der Waals surface area contributed by atoms with Gasteiger partial charge in [-0.3, -0.25) is 4.79 Å². The molecular formula is C13H12F2N4OS2. The van der Waals surface area contributed by atoms with Crippen molar-refractivity contribution in [3.05, 3.63) is 29.8 Å². The van der Waals surface area contributed by atoms with E-state index in [4.69, 9.17) is 0 Å². The van der Waals surface area contributed by atoms with E-state index in [1.807, 2.05) is 0 Å². The van der Waals surface area contributed by atoms with Gasteiger partial charge >= 0.3 is 0 Å². The molecule has 3 rings (SSSR count). The highest BCUT2D eigenvalue weighted by Gasteiger charge is 2.22. The molecule has 1 fully saturated rings. The number of carbonyl (C=O) groups excluding carboxylic acids is 1. The lowest BCUT2D eigenvalue weighted by Crippen LogP contribution is -2.15. The summed E-state index contributed by atoms with van der Waals surface area (Å²) in [6.45, 7) is 0. The maximum Gasteiger partial charge on any atom is 0.234 e. The van der Waals surface area contributed by atoms with Gasteiger partial charge in [0.25, 0.3) is 0 Å². The third-order valence-corrected chi connectivity index (χ3v) is 4.83. The van der Waals surface area contributed by atoms with Crippen molar-refractivity contribution in [3.8, 4) is 0 Å². The van der Waals surface area contributed by atoms with E-state index in [0.29, 0.717) is 10.4 Å². The Morgan fingerprint density at radius 1 is 1.36 bits per heavy atom. The van der Waals surface area contributed by atoms with Crippen molar-refractivity contribution in [2.24, 2.45) is 0 Å². The van der Waals surface area contributed by atoms with Gasteiger partial charge in [-0.05, 0) is 25.0 Å². The summed E-state index contributed by atoms with van der Waals surface area (Å²) < 4.78 is 26.9. The lowest BCUT2D eigenvalue weighted by Gasteiger charge is -2.05. The standard InChI is InChI=1S/C13H12F2N4OS2/c14-7-1-4-10(9(15)5-7)17-11(20)6-21-13-19-18-12(22-13)16-8-2-3-8/h1,4-5,8H,2-3,6H2,(H,16,18)(H,17,20). The third kappa shape index (κ3) is 4.14. The van der Waals surface area contributed by atoms with E-state index in [1.165, 1.54) is 29.2 Å². The minimum absolute atomic E-state index is 0.0413. The van der Waals surface area contributed by atoms with Crippen molar-refractivity contribution in [3.63, 3.8) is 0 Å². The number of benzene rings is 1. The average molecular weight is 342 g/mol. The van der Waals surface area contributed by atoms with E-state index in [1.54, 1.807) is 0 Å². The first kappa shape index (κ1) is 15.2. The van der Waals surface area contributed by atoms with Gasteiger partial charge in [0.2, 0.25) is 11.0 Å². The van der Waals surface area contributed by atoms with Gasteiger partial charge in [-0.2, -0.15) is 0 Å². The second-order valence-corrected chi connectivity index (χ2v) is 6.95. The number of rotatable bonds is 6. The van der Waals surface area contributed by atoms with Gasteiger partial charge in [0.05, 0.1) is 11.4 Å². The van der Waals surface area contributed by atoms with Gasteiger partial charge in [-0.15, -0.1) is 10.2 Å². The highest BCUT2D eigenvalue weighted by Crippen LogP contribution is 2.30. The minimum Gasteiger partial charge on any atom is -0.357 e. The number of hydrogen-bond acceptors (Lipinski definition) is 6. The monoisotopic (exact) mass is 342 g/mol. The normalized spacial score (nSPS) is 13.9. The Kier molecular flexibility index (Phi) is 4.53. The summed E-state index contributed by atoms with van der Waals surface area (Å²) in [5.41, 5.74) is -0.0413. The molecule has 1 saturated carbocycles. The molecule has 116 valence electrons. The van der Waals surface area contributed by atoms with Crippen LogP contribution in [0.2, 0.25) is 0 Å². The highest BCUT2D eigenvalue weighted by atomic mass is 32.2. The SMILES string of the molecule is O=C(CSc1nnc(NC2CC2)s1)Nc1ccc(F)cc1F. The van der Waals surface area contributed by atoms with Crippen molar-refractivity contribution in [1.82, 2.24) is 10.2 Å². The molecule has 5 nitrogen and oxygen atoms in total. The van der Waals surface area contributed by atoms with Crippen LogP contribution in [-0.2, 0) is 4.79 Å². The maximum absolute atomic E-state index is 13.4. The molecule has 0 saturated heterocycles. The van der Waals surface area contributed by atoms with Crippen molar-refractivity contribution in [2.45, 2.75) is 23.2 Å². The van der Waals surface area contributed by atoms with Gasteiger partial charge in [0.1, 0.15) is 11.6 Å². The van der Waals surface area contributed by atoms with Gasteiger partial charge in [-0.25, -0.2) is 8.78 Å². The number of hydrogen-bond donors (Lipinski definition) is 2. The maximum atomic E-state index is 13.4. The van der Waals surface area contributed by atoms with Gasteiger partial charge < -0.3 is 10.6 Å². The van der Waals surface area contributed by atoms with Crippen LogP contribution in [0.5, 0.6) is 0 Å². The van der Waals surface area contributed by atoms with Crippen molar-refractivity contribution in [1.29, 1.82) is 0 Å². The Bertz CT molecular complexity index is 690. The van der Waals surface area contributed by atoms with Crippen LogP contribution >= 0.6 is 23.1 Å². The summed E-state index contributed by atoms with van der Waals surface area (Å²) in [5, 5.41) is 14.3. The van der Waals surface area contributed by atoms with Crippen LogP contribution in [0.15, 0.2) is 22.5 Å².